The minimum atomic E-state index is -0.0798. The molecular weight excluding hydrogens is 294 g/mol. The molecule has 98 valence electrons. The second kappa shape index (κ2) is 5.31. The molecule has 0 radical (unpaired) electrons. The number of phenols is 1. The molecule has 1 saturated heterocycles. The van der Waals surface area contributed by atoms with Gasteiger partial charge in [-0.1, -0.05) is 28.9 Å². The Hall–Kier alpha value is -1.03. The van der Waals surface area contributed by atoms with Gasteiger partial charge in [-0.2, -0.15) is 0 Å². The van der Waals surface area contributed by atoms with E-state index in [1.54, 1.807) is 12.1 Å². The largest absolute Gasteiger partial charge is 0.507 e. The van der Waals surface area contributed by atoms with E-state index in [1.807, 2.05) is 17.9 Å². The third-order valence-corrected chi connectivity index (χ3v) is 4.73. The molecule has 1 N–H and O–H groups in total. The predicted molar refractivity (Wildman–Crippen MR) is 75.2 cm³/mol. The number of likely N-dealkylation sites (tertiary alicyclic amines) is 1. The summed E-state index contributed by atoms with van der Waals surface area (Å²) in [5.74, 6) is 0.578. The SMILES string of the molecule is Cc1ccc(C(=O)N2CCC(C)C(Br)C2)c(O)c1. The summed E-state index contributed by atoms with van der Waals surface area (Å²) in [5, 5.41) is 9.85. The number of hydrogen-bond donors (Lipinski definition) is 1. The topological polar surface area (TPSA) is 40.5 Å². The van der Waals surface area contributed by atoms with E-state index in [1.165, 1.54) is 0 Å². The molecule has 0 aliphatic carbocycles. The zero-order valence-electron chi connectivity index (χ0n) is 10.7. The third kappa shape index (κ3) is 2.69. The van der Waals surface area contributed by atoms with Crippen LogP contribution in [0.3, 0.4) is 0 Å². The van der Waals surface area contributed by atoms with Crippen LogP contribution in [0.25, 0.3) is 0 Å². The molecule has 2 unspecified atom stereocenters. The molecule has 1 aliphatic heterocycles. The maximum absolute atomic E-state index is 12.3. The van der Waals surface area contributed by atoms with Gasteiger partial charge >= 0.3 is 0 Å². The quantitative estimate of drug-likeness (QED) is 0.810. The van der Waals surface area contributed by atoms with Crippen LogP contribution in [0.15, 0.2) is 18.2 Å². The molecule has 1 aromatic rings. The van der Waals surface area contributed by atoms with Crippen molar-refractivity contribution in [1.29, 1.82) is 0 Å². The van der Waals surface area contributed by atoms with Gasteiger partial charge in [0.2, 0.25) is 0 Å². The summed E-state index contributed by atoms with van der Waals surface area (Å²) in [6, 6.07) is 5.19. The molecule has 4 heteroatoms. The summed E-state index contributed by atoms with van der Waals surface area (Å²) >= 11 is 3.61. The fraction of sp³-hybridized carbons (Fsp3) is 0.500. The molecule has 1 fully saturated rings. The summed E-state index contributed by atoms with van der Waals surface area (Å²) < 4.78 is 0. The van der Waals surface area contributed by atoms with Crippen LogP contribution in [0.1, 0.15) is 29.3 Å². The Morgan fingerprint density at radius 2 is 2.22 bits per heavy atom. The summed E-state index contributed by atoms with van der Waals surface area (Å²) in [4.78, 5) is 14.5. The number of halogens is 1. The first-order chi connectivity index (χ1) is 8.49. The van der Waals surface area contributed by atoms with E-state index in [-0.39, 0.29) is 11.7 Å². The van der Waals surface area contributed by atoms with Crippen LogP contribution in [-0.4, -0.2) is 33.8 Å². The number of nitrogens with zero attached hydrogens (tertiary/aromatic N) is 1. The van der Waals surface area contributed by atoms with Crippen molar-refractivity contribution < 1.29 is 9.90 Å². The van der Waals surface area contributed by atoms with Crippen molar-refractivity contribution in [3.8, 4) is 5.75 Å². The zero-order valence-corrected chi connectivity index (χ0v) is 12.3. The molecule has 0 spiro atoms. The van der Waals surface area contributed by atoms with Gasteiger partial charge in [0.25, 0.3) is 5.91 Å². The second-order valence-corrected chi connectivity index (χ2v) is 6.23. The van der Waals surface area contributed by atoms with E-state index in [2.05, 4.69) is 22.9 Å². The molecule has 1 aliphatic rings. The Balaban J connectivity index is 2.16. The molecule has 1 heterocycles. The highest BCUT2D eigenvalue weighted by molar-refractivity contribution is 9.09. The van der Waals surface area contributed by atoms with Crippen LogP contribution in [0.2, 0.25) is 0 Å². The number of carbonyl (C=O) groups excluding carboxylic acids is 1. The number of rotatable bonds is 1. The monoisotopic (exact) mass is 311 g/mol. The first-order valence-electron chi connectivity index (χ1n) is 6.22. The highest BCUT2D eigenvalue weighted by Gasteiger charge is 2.28. The van der Waals surface area contributed by atoms with Crippen LogP contribution in [0.4, 0.5) is 0 Å². The van der Waals surface area contributed by atoms with Crippen molar-refractivity contribution in [1.82, 2.24) is 4.90 Å². The Morgan fingerprint density at radius 3 is 2.83 bits per heavy atom. The van der Waals surface area contributed by atoms with Crippen molar-refractivity contribution in [3.63, 3.8) is 0 Å². The molecule has 2 rings (SSSR count). The summed E-state index contributed by atoms with van der Waals surface area (Å²) in [6.45, 7) is 5.54. The lowest BCUT2D eigenvalue weighted by Crippen LogP contribution is -2.43. The predicted octanol–water partition coefficient (Wildman–Crippen LogP) is 2.95. The highest BCUT2D eigenvalue weighted by atomic mass is 79.9. The lowest BCUT2D eigenvalue weighted by Gasteiger charge is -2.34. The van der Waals surface area contributed by atoms with Gasteiger partial charge in [0, 0.05) is 17.9 Å². The molecule has 0 bridgehead atoms. The van der Waals surface area contributed by atoms with E-state index in [0.717, 1.165) is 18.5 Å². The van der Waals surface area contributed by atoms with Crippen LogP contribution in [-0.2, 0) is 0 Å². The zero-order chi connectivity index (χ0) is 13.3. The van der Waals surface area contributed by atoms with Crippen LogP contribution in [0, 0.1) is 12.8 Å². The van der Waals surface area contributed by atoms with Gasteiger partial charge in [0.05, 0.1) is 5.56 Å². The van der Waals surface area contributed by atoms with Crippen molar-refractivity contribution >= 4 is 21.8 Å². The van der Waals surface area contributed by atoms with Crippen molar-refractivity contribution in [3.05, 3.63) is 29.3 Å². The maximum atomic E-state index is 12.3. The average Bonchev–Trinajstić information content (AvgIpc) is 2.32. The molecule has 0 aromatic heterocycles. The third-order valence-electron chi connectivity index (χ3n) is 3.54. The van der Waals surface area contributed by atoms with Crippen LogP contribution >= 0.6 is 15.9 Å². The first kappa shape index (κ1) is 13.4. The van der Waals surface area contributed by atoms with E-state index in [0.29, 0.717) is 22.9 Å². The molecule has 1 amide bonds. The number of benzene rings is 1. The first-order valence-corrected chi connectivity index (χ1v) is 7.13. The van der Waals surface area contributed by atoms with Crippen LogP contribution in [0.5, 0.6) is 5.75 Å². The van der Waals surface area contributed by atoms with E-state index < -0.39 is 0 Å². The van der Waals surface area contributed by atoms with Gasteiger partial charge < -0.3 is 10.0 Å². The summed E-state index contributed by atoms with van der Waals surface area (Å²) in [6.07, 6.45) is 0.994. The normalized spacial score (nSPS) is 24.1. The Labute approximate surface area is 116 Å². The number of carbonyl (C=O) groups is 1. The van der Waals surface area contributed by atoms with Gasteiger partial charge in [0.15, 0.2) is 0 Å². The van der Waals surface area contributed by atoms with E-state index in [4.69, 9.17) is 0 Å². The number of aryl methyl sites for hydroxylation is 1. The number of aromatic hydroxyl groups is 1. The van der Waals surface area contributed by atoms with Crippen molar-refractivity contribution in [2.45, 2.75) is 25.1 Å². The lowest BCUT2D eigenvalue weighted by atomic mass is 9.98. The molecular formula is C14H18BrNO2. The summed E-state index contributed by atoms with van der Waals surface area (Å²) in [5.41, 5.74) is 1.35. The minimum Gasteiger partial charge on any atom is -0.507 e. The Bertz CT molecular complexity index is 461. The smallest absolute Gasteiger partial charge is 0.257 e. The second-order valence-electron chi connectivity index (χ2n) is 5.05. The number of hydrogen-bond acceptors (Lipinski definition) is 2. The molecule has 18 heavy (non-hydrogen) atoms. The van der Waals surface area contributed by atoms with Gasteiger partial charge in [-0.3, -0.25) is 4.79 Å². The summed E-state index contributed by atoms with van der Waals surface area (Å²) in [7, 11) is 0. The molecule has 1 aromatic carbocycles. The number of alkyl halides is 1. The van der Waals surface area contributed by atoms with Crippen molar-refractivity contribution in [2.24, 2.45) is 5.92 Å². The Morgan fingerprint density at radius 1 is 1.50 bits per heavy atom. The Kier molecular flexibility index (Phi) is 3.95. The minimum absolute atomic E-state index is 0.0738. The maximum Gasteiger partial charge on any atom is 0.257 e. The number of phenolic OH excluding ortho intramolecular Hbond substituents is 1. The number of amides is 1. The molecule has 0 saturated carbocycles. The molecule has 2 atom stereocenters. The van der Waals surface area contributed by atoms with Crippen molar-refractivity contribution in [2.75, 3.05) is 13.1 Å². The fourth-order valence-corrected chi connectivity index (χ4v) is 2.81. The van der Waals surface area contributed by atoms with Gasteiger partial charge in [-0.05, 0) is 37.0 Å². The van der Waals surface area contributed by atoms with Gasteiger partial charge in [0.1, 0.15) is 5.75 Å². The van der Waals surface area contributed by atoms with Crippen LogP contribution < -0.4 is 0 Å². The molecule has 3 nitrogen and oxygen atoms in total. The average molecular weight is 312 g/mol. The lowest BCUT2D eigenvalue weighted by molar-refractivity contribution is 0.0703. The van der Waals surface area contributed by atoms with E-state index >= 15 is 0 Å². The fourth-order valence-electron chi connectivity index (χ4n) is 2.20. The van der Waals surface area contributed by atoms with E-state index in [9.17, 15) is 9.90 Å². The highest BCUT2D eigenvalue weighted by Crippen LogP contribution is 2.26. The van der Waals surface area contributed by atoms with Gasteiger partial charge in [-0.25, -0.2) is 0 Å². The standard InChI is InChI=1S/C14H18BrNO2/c1-9-3-4-11(13(17)7-9)14(18)16-6-5-10(2)12(15)8-16/h3-4,7,10,12,17H,5-6,8H2,1-2H3. The van der Waals surface area contributed by atoms with Gasteiger partial charge in [-0.15, -0.1) is 0 Å². The number of piperidine rings is 1.